The third-order valence-electron chi connectivity index (χ3n) is 2.35. The summed E-state index contributed by atoms with van der Waals surface area (Å²) in [6, 6.07) is 0. The Kier molecular flexibility index (Phi) is 20.9. The Hall–Kier alpha value is 4.06. The first-order valence-electron chi connectivity index (χ1n) is 4.93. The van der Waals surface area contributed by atoms with Crippen molar-refractivity contribution in [2.45, 2.75) is 24.1 Å². The van der Waals surface area contributed by atoms with Crippen molar-refractivity contribution in [3.05, 3.63) is 0 Å². The summed E-state index contributed by atoms with van der Waals surface area (Å²) in [4.78, 5) is 41.0. The van der Waals surface area contributed by atoms with Crippen molar-refractivity contribution in [3.8, 4) is 0 Å². The molecule has 0 radical (unpaired) electrons. The zero-order valence-corrected chi connectivity index (χ0v) is 23.3. The van der Waals surface area contributed by atoms with Crippen molar-refractivity contribution in [2.24, 2.45) is 0 Å². The van der Waals surface area contributed by atoms with E-state index in [1.807, 2.05) is 0 Å². The van der Waals surface area contributed by atoms with E-state index in [0.29, 0.717) is 0 Å². The molecule has 3 N–H and O–H groups in total. The standard InChI is InChI=1S/C6H14O12P2.4Na/c7-4-3(1-16-19(10,11)12)18-6(9,5(4)8)2-17-20(13,14)15;;;;/h3-5,7-9H,1-2H2,(H2,10,11,12)(H2,13,14,15);;;;/q;4*+1/p-4/t3-,4-,5+,6-;;;;/m1..../s1. The van der Waals surface area contributed by atoms with Gasteiger partial charge in [-0.15, -0.1) is 0 Å². The van der Waals surface area contributed by atoms with Crippen LogP contribution in [0.2, 0.25) is 0 Å². The SMILES string of the molecule is O=P([O-])([O-])OC[C@H]1O[C@](O)(COP(=O)([O-])[O-])[C@@H](O)[C@@H]1O.[Na+].[Na+].[Na+].[Na+]. The van der Waals surface area contributed by atoms with E-state index in [2.05, 4.69) is 13.8 Å². The largest absolute Gasteiger partial charge is 1.00 e. The van der Waals surface area contributed by atoms with Gasteiger partial charge >= 0.3 is 118 Å². The minimum atomic E-state index is -5.48. The van der Waals surface area contributed by atoms with Gasteiger partial charge in [0.1, 0.15) is 24.9 Å². The van der Waals surface area contributed by atoms with Crippen molar-refractivity contribution in [1.29, 1.82) is 0 Å². The Balaban J connectivity index is -0.000000500. The number of aliphatic hydroxyl groups is 3. The number of ether oxygens (including phenoxy) is 1. The molecule has 12 nitrogen and oxygen atoms in total. The summed E-state index contributed by atoms with van der Waals surface area (Å²) in [5.41, 5.74) is 0. The van der Waals surface area contributed by atoms with Crippen molar-refractivity contribution in [3.63, 3.8) is 0 Å². The van der Waals surface area contributed by atoms with Gasteiger partial charge in [-0.2, -0.15) is 0 Å². The van der Waals surface area contributed by atoms with Gasteiger partial charge in [-0.05, 0) is 0 Å². The van der Waals surface area contributed by atoms with E-state index < -0.39 is 53.0 Å². The molecule has 1 rings (SSSR count). The molecule has 0 bridgehead atoms. The molecule has 0 aromatic heterocycles. The van der Waals surface area contributed by atoms with Crippen LogP contribution in [0.3, 0.4) is 0 Å². The topological polar surface area (TPSA) is 215 Å². The van der Waals surface area contributed by atoms with Crippen LogP contribution in [0, 0.1) is 0 Å². The molecule has 1 aliphatic heterocycles. The molecule has 0 aromatic rings. The van der Waals surface area contributed by atoms with Crippen LogP contribution in [0.1, 0.15) is 0 Å². The van der Waals surface area contributed by atoms with Gasteiger partial charge < -0.3 is 57.8 Å². The molecule has 1 heterocycles. The van der Waals surface area contributed by atoms with E-state index in [4.69, 9.17) is 0 Å². The van der Waals surface area contributed by atoms with Gasteiger partial charge in [0.05, 0.1) is 22.3 Å². The molecule has 1 saturated heterocycles. The number of aliphatic hydroxyl groups excluding tert-OH is 2. The molecular weight excluding hydrogens is 418 g/mol. The summed E-state index contributed by atoms with van der Waals surface area (Å²) in [5, 5.41) is 28.5. The van der Waals surface area contributed by atoms with E-state index in [0.717, 1.165) is 0 Å². The number of phosphoric ester groups is 2. The quantitative estimate of drug-likeness (QED) is 0.266. The summed E-state index contributed by atoms with van der Waals surface area (Å²) in [6.07, 6.45) is -5.69. The van der Waals surface area contributed by atoms with E-state index >= 15 is 0 Å². The van der Waals surface area contributed by atoms with Crippen LogP contribution >= 0.6 is 15.6 Å². The van der Waals surface area contributed by atoms with Gasteiger partial charge in [0.15, 0.2) is 0 Å². The third kappa shape index (κ3) is 12.6. The first-order valence-corrected chi connectivity index (χ1v) is 7.86. The van der Waals surface area contributed by atoms with Crippen LogP contribution in [0.5, 0.6) is 0 Å². The van der Waals surface area contributed by atoms with Gasteiger partial charge in [-0.25, -0.2) is 0 Å². The Morgan fingerprint density at radius 3 is 1.75 bits per heavy atom. The van der Waals surface area contributed by atoms with E-state index in [1.165, 1.54) is 0 Å². The Labute approximate surface area is 225 Å². The molecule has 4 atom stereocenters. The number of rotatable bonds is 6. The normalized spacial score (nSPS) is 29.5. The maximum Gasteiger partial charge on any atom is 1.00 e. The molecule has 1 aliphatic rings. The zero-order valence-electron chi connectivity index (χ0n) is 13.6. The first kappa shape index (κ1) is 35.5. The van der Waals surface area contributed by atoms with E-state index in [-0.39, 0.29) is 118 Å². The first-order chi connectivity index (χ1) is 8.84. The minimum Gasteiger partial charge on any atom is -0.790 e. The fourth-order valence-corrected chi connectivity index (χ4v) is 2.13. The smallest absolute Gasteiger partial charge is 0.790 e. The zero-order chi connectivity index (χ0) is 15.8. The molecule has 0 saturated carbocycles. The van der Waals surface area contributed by atoms with Gasteiger partial charge in [-0.1, -0.05) is 0 Å². The van der Waals surface area contributed by atoms with Crippen molar-refractivity contribution in [2.75, 3.05) is 13.2 Å². The van der Waals surface area contributed by atoms with Gasteiger partial charge in [0.2, 0.25) is 5.79 Å². The molecule has 0 amide bonds. The molecule has 1 fully saturated rings. The van der Waals surface area contributed by atoms with Gasteiger partial charge in [-0.3, -0.25) is 0 Å². The third-order valence-corrected chi connectivity index (χ3v) is 3.26. The summed E-state index contributed by atoms with van der Waals surface area (Å²) in [5.74, 6) is -2.78. The number of hydrogen-bond donors (Lipinski definition) is 3. The van der Waals surface area contributed by atoms with Crippen molar-refractivity contribution in [1.82, 2.24) is 0 Å². The van der Waals surface area contributed by atoms with Gasteiger partial charge in [0, 0.05) is 0 Å². The van der Waals surface area contributed by atoms with E-state index in [1.54, 1.807) is 0 Å². The van der Waals surface area contributed by atoms with Crippen LogP contribution in [0.25, 0.3) is 0 Å². The molecule has 24 heavy (non-hydrogen) atoms. The Bertz CT molecular complexity index is 443. The van der Waals surface area contributed by atoms with Crippen LogP contribution in [0.4, 0.5) is 0 Å². The average Bonchev–Trinajstić information content (AvgIpc) is 2.48. The molecule has 0 aromatic carbocycles. The maximum absolute atomic E-state index is 10.3. The summed E-state index contributed by atoms with van der Waals surface area (Å²) in [6.45, 7) is -2.37. The maximum atomic E-state index is 10.3. The number of phosphoric acid groups is 2. The van der Waals surface area contributed by atoms with Crippen LogP contribution < -0.4 is 138 Å². The minimum absolute atomic E-state index is 0. The van der Waals surface area contributed by atoms with Gasteiger partial charge in [0.25, 0.3) is 0 Å². The monoisotopic (exact) mass is 428 g/mol. The summed E-state index contributed by atoms with van der Waals surface area (Å²) >= 11 is 0. The molecular formula is C6H10Na4O12P2. The van der Waals surface area contributed by atoms with Crippen molar-refractivity contribution >= 4 is 15.6 Å². The molecule has 0 aliphatic carbocycles. The fraction of sp³-hybridized carbons (Fsp3) is 1.00. The Morgan fingerprint density at radius 2 is 1.38 bits per heavy atom. The van der Waals surface area contributed by atoms with Crippen LogP contribution in [0.15, 0.2) is 0 Å². The molecule has 0 unspecified atom stereocenters. The molecule has 120 valence electrons. The van der Waals surface area contributed by atoms with Crippen molar-refractivity contribution < 1.29 is 176 Å². The second-order valence-corrected chi connectivity index (χ2v) is 6.21. The second-order valence-electron chi connectivity index (χ2n) is 3.90. The average molecular weight is 428 g/mol. The predicted molar refractivity (Wildman–Crippen MR) is 49.0 cm³/mol. The van der Waals surface area contributed by atoms with Crippen LogP contribution in [-0.2, 0) is 22.9 Å². The van der Waals surface area contributed by atoms with E-state index in [9.17, 15) is 44.0 Å². The Morgan fingerprint density at radius 1 is 0.958 bits per heavy atom. The number of hydrogen-bond acceptors (Lipinski definition) is 12. The predicted octanol–water partition coefficient (Wildman–Crippen LogP) is -17.5. The van der Waals surface area contributed by atoms with Crippen LogP contribution in [-0.4, -0.2) is 52.6 Å². The fourth-order valence-electron chi connectivity index (χ4n) is 1.46. The summed E-state index contributed by atoms with van der Waals surface area (Å²) in [7, 11) is -10.9. The summed E-state index contributed by atoms with van der Waals surface area (Å²) < 4.78 is 32.6. The molecule has 0 spiro atoms. The molecule has 18 heteroatoms. The second kappa shape index (κ2) is 14.1.